The zero-order valence-corrected chi connectivity index (χ0v) is 16.9. The Kier molecular flexibility index (Phi) is 6.25. The van der Waals surface area contributed by atoms with Crippen molar-refractivity contribution in [2.45, 2.75) is 32.7 Å². The van der Waals surface area contributed by atoms with E-state index < -0.39 is 0 Å². The molecule has 1 N–H and O–H groups in total. The fourth-order valence-electron chi connectivity index (χ4n) is 3.13. The first kappa shape index (κ1) is 18.8. The van der Waals surface area contributed by atoms with Gasteiger partial charge in [-0.15, -0.1) is 24.0 Å². The number of halogens is 1. The highest BCUT2D eigenvalue weighted by Crippen LogP contribution is 2.26. The maximum atomic E-state index is 5.21. The van der Waals surface area contributed by atoms with Gasteiger partial charge in [0, 0.05) is 51.4 Å². The van der Waals surface area contributed by atoms with Gasteiger partial charge < -0.3 is 14.7 Å². The zero-order chi connectivity index (χ0) is 16.4. The molecule has 7 nitrogen and oxygen atoms in total. The van der Waals surface area contributed by atoms with Crippen LogP contribution in [-0.2, 0) is 13.6 Å². The molecular weight excluding hydrogens is 419 g/mol. The minimum Gasteiger partial charge on any atom is -0.361 e. The Morgan fingerprint density at radius 1 is 1.46 bits per heavy atom. The number of nitrogens with one attached hydrogen (secondary N) is 1. The van der Waals surface area contributed by atoms with Gasteiger partial charge in [0.25, 0.3) is 0 Å². The van der Waals surface area contributed by atoms with Gasteiger partial charge >= 0.3 is 0 Å². The zero-order valence-electron chi connectivity index (χ0n) is 14.6. The van der Waals surface area contributed by atoms with Crippen LogP contribution in [0.5, 0.6) is 0 Å². The van der Waals surface area contributed by atoms with Crippen LogP contribution in [-0.4, -0.2) is 45.9 Å². The number of nitrogens with zero attached hydrogens (tertiary/aromatic N) is 5. The third-order valence-corrected chi connectivity index (χ3v) is 4.50. The van der Waals surface area contributed by atoms with Crippen molar-refractivity contribution in [2.75, 3.05) is 20.1 Å². The molecule has 1 aliphatic heterocycles. The van der Waals surface area contributed by atoms with E-state index >= 15 is 0 Å². The lowest BCUT2D eigenvalue weighted by atomic mass is 10.0. The molecule has 0 amide bonds. The van der Waals surface area contributed by atoms with Crippen LogP contribution in [0.15, 0.2) is 21.9 Å². The predicted octanol–water partition coefficient (Wildman–Crippen LogP) is 2.21. The SMILES string of the molecule is CN=C(NCc1c(C)noc1C)N1CCC(c2cnn(C)c2)C1.I. The van der Waals surface area contributed by atoms with Crippen molar-refractivity contribution in [1.29, 1.82) is 0 Å². The van der Waals surface area contributed by atoms with E-state index in [1.165, 1.54) is 5.56 Å². The van der Waals surface area contributed by atoms with Crippen molar-refractivity contribution in [2.24, 2.45) is 12.0 Å². The molecule has 3 rings (SSSR count). The molecule has 0 aromatic carbocycles. The van der Waals surface area contributed by atoms with E-state index in [0.29, 0.717) is 12.5 Å². The molecule has 1 saturated heterocycles. The van der Waals surface area contributed by atoms with Gasteiger partial charge in [-0.1, -0.05) is 5.16 Å². The third-order valence-electron chi connectivity index (χ3n) is 4.50. The van der Waals surface area contributed by atoms with Crippen LogP contribution in [0.4, 0.5) is 0 Å². The first-order valence-corrected chi connectivity index (χ1v) is 7.94. The summed E-state index contributed by atoms with van der Waals surface area (Å²) in [6.45, 7) is 6.55. The van der Waals surface area contributed by atoms with Gasteiger partial charge in [-0.25, -0.2) is 0 Å². The minimum atomic E-state index is 0. The lowest BCUT2D eigenvalue weighted by Gasteiger charge is -2.21. The van der Waals surface area contributed by atoms with Gasteiger partial charge in [-0.05, 0) is 25.8 Å². The molecule has 0 radical (unpaired) electrons. The second-order valence-electron chi connectivity index (χ2n) is 6.08. The summed E-state index contributed by atoms with van der Waals surface area (Å²) in [7, 11) is 3.79. The summed E-state index contributed by atoms with van der Waals surface area (Å²) in [5, 5.41) is 11.7. The molecule has 1 atom stereocenters. The second kappa shape index (κ2) is 8.00. The average Bonchev–Trinajstić information content (AvgIpc) is 3.23. The van der Waals surface area contributed by atoms with Crippen molar-refractivity contribution >= 4 is 29.9 Å². The van der Waals surface area contributed by atoms with Crippen LogP contribution in [0.3, 0.4) is 0 Å². The van der Waals surface area contributed by atoms with Gasteiger partial charge in [0.2, 0.25) is 0 Å². The minimum absolute atomic E-state index is 0. The van der Waals surface area contributed by atoms with Crippen molar-refractivity contribution in [3.63, 3.8) is 0 Å². The summed E-state index contributed by atoms with van der Waals surface area (Å²) in [6, 6.07) is 0. The molecule has 1 aliphatic rings. The maximum absolute atomic E-state index is 5.21. The second-order valence-corrected chi connectivity index (χ2v) is 6.08. The van der Waals surface area contributed by atoms with E-state index in [2.05, 4.69) is 31.7 Å². The van der Waals surface area contributed by atoms with E-state index in [9.17, 15) is 0 Å². The van der Waals surface area contributed by atoms with Crippen LogP contribution in [0.2, 0.25) is 0 Å². The molecule has 0 saturated carbocycles. The molecular formula is C16H25IN6O. The summed E-state index contributed by atoms with van der Waals surface area (Å²) in [6.07, 6.45) is 5.19. The molecule has 3 heterocycles. The van der Waals surface area contributed by atoms with Crippen LogP contribution in [0.25, 0.3) is 0 Å². The van der Waals surface area contributed by atoms with Crippen molar-refractivity contribution in [3.8, 4) is 0 Å². The maximum Gasteiger partial charge on any atom is 0.193 e. The fraction of sp³-hybridized carbons (Fsp3) is 0.562. The highest BCUT2D eigenvalue weighted by atomic mass is 127. The molecule has 2 aromatic rings. The lowest BCUT2D eigenvalue weighted by Crippen LogP contribution is -2.39. The highest BCUT2D eigenvalue weighted by molar-refractivity contribution is 14.0. The normalized spacial score (nSPS) is 17.9. The molecule has 1 unspecified atom stereocenters. The van der Waals surface area contributed by atoms with Gasteiger partial charge in [0.05, 0.1) is 11.9 Å². The fourth-order valence-corrected chi connectivity index (χ4v) is 3.13. The topological polar surface area (TPSA) is 71.5 Å². The Balaban J connectivity index is 0.00000208. The van der Waals surface area contributed by atoms with Gasteiger partial charge in [0.1, 0.15) is 5.76 Å². The molecule has 0 spiro atoms. The van der Waals surface area contributed by atoms with Crippen LogP contribution in [0.1, 0.15) is 34.9 Å². The highest BCUT2D eigenvalue weighted by Gasteiger charge is 2.27. The smallest absolute Gasteiger partial charge is 0.193 e. The molecule has 0 aliphatic carbocycles. The predicted molar refractivity (Wildman–Crippen MR) is 104 cm³/mol. The van der Waals surface area contributed by atoms with Gasteiger partial charge in [-0.2, -0.15) is 5.10 Å². The van der Waals surface area contributed by atoms with Gasteiger partial charge in [-0.3, -0.25) is 9.67 Å². The van der Waals surface area contributed by atoms with E-state index in [0.717, 1.165) is 42.5 Å². The number of hydrogen-bond donors (Lipinski definition) is 1. The molecule has 1 fully saturated rings. The molecule has 0 bridgehead atoms. The van der Waals surface area contributed by atoms with Crippen molar-refractivity contribution in [3.05, 3.63) is 35.0 Å². The van der Waals surface area contributed by atoms with Crippen molar-refractivity contribution < 1.29 is 4.52 Å². The van der Waals surface area contributed by atoms with E-state index in [1.54, 1.807) is 0 Å². The number of rotatable bonds is 3. The molecule has 2 aromatic heterocycles. The van der Waals surface area contributed by atoms with Crippen LogP contribution < -0.4 is 5.32 Å². The Morgan fingerprint density at radius 2 is 2.25 bits per heavy atom. The summed E-state index contributed by atoms with van der Waals surface area (Å²) < 4.78 is 7.07. The first-order chi connectivity index (χ1) is 11.1. The number of aliphatic imine (C=N–C) groups is 1. The van der Waals surface area contributed by atoms with E-state index in [1.807, 2.05) is 38.8 Å². The number of aryl methyl sites for hydroxylation is 3. The Bertz CT molecular complexity index is 688. The Hall–Kier alpha value is -1.58. The average molecular weight is 444 g/mol. The van der Waals surface area contributed by atoms with Crippen LogP contribution >= 0.6 is 24.0 Å². The number of hydrogen-bond acceptors (Lipinski definition) is 4. The number of guanidine groups is 1. The Labute approximate surface area is 159 Å². The molecule has 132 valence electrons. The summed E-state index contributed by atoms with van der Waals surface area (Å²) in [5.41, 5.74) is 3.34. The van der Waals surface area contributed by atoms with Gasteiger partial charge in [0.15, 0.2) is 5.96 Å². The third kappa shape index (κ3) is 3.90. The number of aromatic nitrogens is 3. The molecule has 24 heavy (non-hydrogen) atoms. The quantitative estimate of drug-likeness (QED) is 0.447. The standard InChI is InChI=1S/C16H24N6O.HI/c1-11-15(12(2)23-20-11)8-18-16(17-3)22-6-5-13(10-22)14-7-19-21(4)9-14;/h7,9,13H,5-6,8,10H2,1-4H3,(H,17,18);1H. The first-order valence-electron chi connectivity index (χ1n) is 7.94. The summed E-state index contributed by atoms with van der Waals surface area (Å²) in [5.74, 6) is 2.30. The summed E-state index contributed by atoms with van der Waals surface area (Å²) in [4.78, 5) is 6.72. The largest absolute Gasteiger partial charge is 0.361 e. The monoisotopic (exact) mass is 444 g/mol. The van der Waals surface area contributed by atoms with Crippen molar-refractivity contribution in [1.82, 2.24) is 25.2 Å². The number of likely N-dealkylation sites (tertiary alicyclic amines) is 1. The van der Waals surface area contributed by atoms with E-state index in [-0.39, 0.29) is 24.0 Å². The lowest BCUT2D eigenvalue weighted by molar-refractivity contribution is 0.392. The summed E-state index contributed by atoms with van der Waals surface area (Å²) >= 11 is 0. The Morgan fingerprint density at radius 3 is 2.83 bits per heavy atom. The molecule has 8 heteroatoms. The van der Waals surface area contributed by atoms with Crippen LogP contribution in [0, 0.1) is 13.8 Å². The van der Waals surface area contributed by atoms with E-state index in [4.69, 9.17) is 4.52 Å².